The monoisotopic (exact) mass is 497 g/mol. The topological polar surface area (TPSA) is 61.9 Å². The van der Waals surface area contributed by atoms with Gasteiger partial charge in [-0.1, -0.05) is 34.1 Å². The molecule has 9 heteroatoms. The maximum Gasteiger partial charge on any atom is 0.243 e. The van der Waals surface area contributed by atoms with Gasteiger partial charge in [-0.15, -0.1) is 0 Å². The summed E-state index contributed by atoms with van der Waals surface area (Å²) in [5, 5.41) is 3.94. The third-order valence-corrected chi connectivity index (χ3v) is 7.60. The summed E-state index contributed by atoms with van der Waals surface area (Å²) in [5.74, 6) is 0.841. The molecule has 2 aromatic rings. The minimum absolute atomic E-state index is 0.306. The molecule has 0 atom stereocenters. The van der Waals surface area contributed by atoms with E-state index in [1.54, 1.807) is 25.3 Å². The number of thiocarbonyl (C=S) groups is 1. The Hall–Kier alpha value is -1.68. The molecular formula is C20H24BrN3O3S2. The number of sulfonamides is 1. The first kappa shape index (κ1) is 22.0. The Morgan fingerprint density at radius 3 is 2.45 bits per heavy atom. The molecule has 1 aliphatic heterocycles. The van der Waals surface area contributed by atoms with Crippen LogP contribution in [0.5, 0.6) is 5.75 Å². The first-order valence-corrected chi connectivity index (χ1v) is 12.0. The van der Waals surface area contributed by atoms with Crippen LogP contribution in [0.15, 0.2) is 57.9 Å². The van der Waals surface area contributed by atoms with Crippen molar-refractivity contribution in [1.82, 2.24) is 14.5 Å². The molecule has 0 bridgehead atoms. The van der Waals surface area contributed by atoms with Crippen molar-refractivity contribution in [2.45, 2.75) is 11.3 Å². The number of methoxy groups -OCH3 is 1. The van der Waals surface area contributed by atoms with Crippen molar-refractivity contribution < 1.29 is 13.2 Å². The summed E-state index contributed by atoms with van der Waals surface area (Å²) >= 11 is 8.82. The van der Waals surface area contributed by atoms with Crippen LogP contribution in [0.25, 0.3) is 0 Å². The minimum atomic E-state index is -3.49. The zero-order valence-electron chi connectivity index (χ0n) is 16.2. The van der Waals surface area contributed by atoms with Gasteiger partial charge >= 0.3 is 0 Å². The normalized spacial score (nSPS) is 15.2. The lowest BCUT2D eigenvalue weighted by Gasteiger charge is -2.35. The van der Waals surface area contributed by atoms with Gasteiger partial charge in [-0.2, -0.15) is 4.31 Å². The predicted molar refractivity (Wildman–Crippen MR) is 122 cm³/mol. The second-order valence-corrected chi connectivity index (χ2v) is 9.92. The summed E-state index contributed by atoms with van der Waals surface area (Å²) in [7, 11) is -1.84. The Morgan fingerprint density at radius 1 is 1.14 bits per heavy atom. The van der Waals surface area contributed by atoms with Crippen LogP contribution in [0.1, 0.15) is 5.56 Å². The molecule has 156 valence electrons. The minimum Gasteiger partial charge on any atom is -0.497 e. The van der Waals surface area contributed by atoms with E-state index in [9.17, 15) is 8.42 Å². The van der Waals surface area contributed by atoms with Gasteiger partial charge in [0.15, 0.2) is 5.11 Å². The molecule has 6 nitrogen and oxygen atoms in total. The van der Waals surface area contributed by atoms with Gasteiger partial charge in [0.25, 0.3) is 0 Å². The molecule has 1 saturated heterocycles. The lowest BCUT2D eigenvalue weighted by molar-refractivity contribution is 0.264. The van der Waals surface area contributed by atoms with E-state index >= 15 is 0 Å². The highest BCUT2D eigenvalue weighted by Crippen LogP contribution is 2.21. The molecule has 1 aliphatic rings. The maximum atomic E-state index is 12.8. The van der Waals surface area contributed by atoms with Crippen LogP contribution in [0.2, 0.25) is 0 Å². The first-order chi connectivity index (χ1) is 13.9. The number of rotatable bonds is 6. The number of halogens is 1. The zero-order chi connectivity index (χ0) is 20.9. The van der Waals surface area contributed by atoms with Crippen LogP contribution < -0.4 is 10.1 Å². The van der Waals surface area contributed by atoms with Gasteiger partial charge in [0.2, 0.25) is 10.0 Å². The van der Waals surface area contributed by atoms with Crippen molar-refractivity contribution in [2.24, 2.45) is 0 Å². The van der Waals surface area contributed by atoms with E-state index in [2.05, 4.69) is 21.2 Å². The molecular weight excluding hydrogens is 474 g/mol. The van der Waals surface area contributed by atoms with Crippen LogP contribution in [0, 0.1) is 0 Å². The Labute approximate surface area is 186 Å². The highest BCUT2D eigenvalue weighted by molar-refractivity contribution is 9.10. The third kappa shape index (κ3) is 5.69. The van der Waals surface area contributed by atoms with Gasteiger partial charge in [0.05, 0.1) is 12.0 Å². The van der Waals surface area contributed by atoms with Gasteiger partial charge in [0.1, 0.15) is 5.75 Å². The second-order valence-electron chi connectivity index (χ2n) is 6.68. The highest BCUT2D eigenvalue weighted by atomic mass is 79.9. The van der Waals surface area contributed by atoms with Gasteiger partial charge < -0.3 is 15.0 Å². The van der Waals surface area contributed by atoms with Crippen molar-refractivity contribution in [3.05, 3.63) is 58.6 Å². The van der Waals surface area contributed by atoms with Gasteiger partial charge in [-0.3, -0.25) is 0 Å². The molecule has 0 radical (unpaired) electrons. The van der Waals surface area contributed by atoms with E-state index in [1.165, 1.54) is 9.87 Å². The fourth-order valence-electron chi connectivity index (χ4n) is 3.13. The fourth-order valence-corrected chi connectivity index (χ4v) is 5.43. The summed E-state index contributed by atoms with van der Waals surface area (Å²) in [5.41, 5.74) is 1.20. The van der Waals surface area contributed by atoms with Crippen LogP contribution in [-0.2, 0) is 16.4 Å². The summed E-state index contributed by atoms with van der Waals surface area (Å²) in [6.45, 7) is 2.69. The van der Waals surface area contributed by atoms with Gasteiger partial charge in [0, 0.05) is 37.2 Å². The van der Waals surface area contributed by atoms with Crippen LogP contribution >= 0.6 is 28.1 Å². The fraction of sp³-hybridized carbons (Fsp3) is 0.350. The Kier molecular flexibility index (Phi) is 7.50. The van der Waals surface area contributed by atoms with Crippen molar-refractivity contribution in [2.75, 3.05) is 39.8 Å². The summed E-state index contributed by atoms with van der Waals surface area (Å²) in [6.07, 6.45) is 0.849. The van der Waals surface area contributed by atoms with Crippen molar-refractivity contribution >= 4 is 43.3 Å². The average Bonchev–Trinajstić information content (AvgIpc) is 2.74. The molecule has 0 aliphatic carbocycles. The number of hydrogen-bond acceptors (Lipinski definition) is 4. The SMILES string of the molecule is COc1ccc(CCNC(=S)N2CCN(S(=O)(=O)c3cccc(Br)c3)CC2)cc1. The Bertz CT molecular complexity index is 944. The smallest absolute Gasteiger partial charge is 0.243 e. The highest BCUT2D eigenvalue weighted by Gasteiger charge is 2.29. The van der Waals surface area contributed by atoms with Crippen LogP contribution in [0.3, 0.4) is 0 Å². The maximum absolute atomic E-state index is 12.8. The van der Waals surface area contributed by atoms with Crippen LogP contribution in [0.4, 0.5) is 0 Å². The Balaban J connectivity index is 1.47. The molecule has 0 unspecified atom stereocenters. The molecule has 1 heterocycles. The molecule has 1 N–H and O–H groups in total. The van der Waals surface area contributed by atoms with Gasteiger partial charge in [-0.05, 0) is 54.5 Å². The molecule has 0 saturated carbocycles. The van der Waals surface area contributed by atoms with Crippen LogP contribution in [-0.4, -0.2) is 62.6 Å². The second kappa shape index (κ2) is 9.88. The number of nitrogens with one attached hydrogen (secondary N) is 1. The standard InChI is InChI=1S/C20H24BrN3O3S2/c1-27-18-7-5-16(6-8-18)9-10-22-20(28)23-11-13-24(14-12-23)29(25,26)19-4-2-3-17(21)15-19/h2-8,15H,9-14H2,1H3,(H,22,28). The first-order valence-electron chi connectivity index (χ1n) is 9.31. The van der Waals surface area contributed by atoms with E-state index in [0.717, 1.165) is 23.2 Å². The molecule has 1 fully saturated rings. The number of ether oxygens (including phenoxy) is 1. The summed E-state index contributed by atoms with van der Waals surface area (Å²) < 4.78 is 33.1. The summed E-state index contributed by atoms with van der Waals surface area (Å²) in [4.78, 5) is 2.33. The zero-order valence-corrected chi connectivity index (χ0v) is 19.4. The molecule has 2 aromatic carbocycles. The van der Waals surface area contributed by atoms with Gasteiger partial charge in [-0.25, -0.2) is 8.42 Å². The van der Waals surface area contributed by atoms with E-state index < -0.39 is 10.0 Å². The lowest BCUT2D eigenvalue weighted by atomic mass is 10.1. The number of benzene rings is 2. The van der Waals surface area contributed by atoms with Crippen molar-refractivity contribution in [3.63, 3.8) is 0 Å². The summed E-state index contributed by atoms with van der Waals surface area (Å²) in [6, 6.07) is 14.8. The van der Waals surface area contributed by atoms with E-state index in [-0.39, 0.29) is 0 Å². The molecule has 0 amide bonds. The van der Waals surface area contributed by atoms with Crippen molar-refractivity contribution in [1.29, 1.82) is 0 Å². The quantitative estimate of drug-likeness (QED) is 0.619. The predicted octanol–water partition coefficient (Wildman–Crippen LogP) is 2.88. The number of nitrogens with zero attached hydrogens (tertiary/aromatic N) is 2. The largest absolute Gasteiger partial charge is 0.497 e. The third-order valence-electron chi connectivity index (χ3n) is 4.81. The van der Waals surface area contributed by atoms with Crippen molar-refractivity contribution in [3.8, 4) is 5.75 Å². The van der Waals surface area contributed by atoms with E-state index in [1.807, 2.05) is 35.2 Å². The van der Waals surface area contributed by atoms with E-state index in [4.69, 9.17) is 17.0 Å². The number of piperazine rings is 1. The molecule has 0 aromatic heterocycles. The number of hydrogen-bond donors (Lipinski definition) is 1. The Morgan fingerprint density at radius 2 is 1.83 bits per heavy atom. The molecule has 3 rings (SSSR count). The molecule has 0 spiro atoms. The lowest BCUT2D eigenvalue weighted by Crippen LogP contribution is -2.53. The average molecular weight is 498 g/mol. The van der Waals surface area contributed by atoms with E-state index in [0.29, 0.717) is 36.2 Å². The molecule has 29 heavy (non-hydrogen) atoms.